The third-order valence-electron chi connectivity index (χ3n) is 3.68. The number of anilines is 1. The van der Waals surface area contributed by atoms with Crippen LogP contribution in [-0.2, 0) is 6.54 Å². The second-order valence-electron chi connectivity index (χ2n) is 5.74. The number of benzene rings is 1. The number of imidazole rings is 1. The van der Waals surface area contributed by atoms with Crippen molar-refractivity contribution in [1.29, 1.82) is 0 Å². The van der Waals surface area contributed by atoms with E-state index in [9.17, 15) is 9.18 Å². The van der Waals surface area contributed by atoms with Crippen molar-refractivity contribution in [2.45, 2.75) is 6.54 Å². The molecule has 0 fully saturated rings. The number of carbonyl (C=O) groups excluding carboxylic acids is 1. The monoisotopic (exact) mass is 339 g/mol. The Bertz CT molecular complexity index is 860. The number of pyridine rings is 1. The van der Waals surface area contributed by atoms with E-state index >= 15 is 0 Å². The highest BCUT2D eigenvalue weighted by molar-refractivity contribution is 5.93. The fourth-order valence-electron chi connectivity index (χ4n) is 2.35. The van der Waals surface area contributed by atoms with Gasteiger partial charge in [0, 0.05) is 39.2 Å². The third kappa shape index (κ3) is 3.82. The molecule has 0 aliphatic heterocycles. The Morgan fingerprint density at radius 1 is 1.28 bits per heavy atom. The fourth-order valence-corrected chi connectivity index (χ4v) is 2.35. The van der Waals surface area contributed by atoms with E-state index < -0.39 is 0 Å². The first-order valence-corrected chi connectivity index (χ1v) is 7.73. The van der Waals surface area contributed by atoms with Crippen molar-refractivity contribution in [2.24, 2.45) is 0 Å². The fraction of sp³-hybridized carbons (Fsp3) is 0.167. The lowest BCUT2D eigenvalue weighted by Crippen LogP contribution is -2.21. The Hall–Kier alpha value is -3.22. The Morgan fingerprint density at radius 3 is 2.72 bits per heavy atom. The molecular weight excluding hydrogens is 321 g/mol. The van der Waals surface area contributed by atoms with Crippen LogP contribution in [-0.4, -0.2) is 39.4 Å². The van der Waals surface area contributed by atoms with Gasteiger partial charge in [0.15, 0.2) is 0 Å². The largest absolute Gasteiger partial charge is 0.366 e. The number of rotatable bonds is 5. The molecule has 7 heteroatoms. The second-order valence-corrected chi connectivity index (χ2v) is 5.74. The summed E-state index contributed by atoms with van der Waals surface area (Å²) < 4.78 is 15.8. The molecule has 128 valence electrons. The van der Waals surface area contributed by atoms with Crippen molar-refractivity contribution in [3.63, 3.8) is 0 Å². The van der Waals surface area contributed by atoms with Gasteiger partial charge in [0.25, 0.3) is 5.91 Å². The van der Waals surface area contributed by atoms with E-state index in [-0.39, 0.29) is 11.7 Å². The van der Waals surface area contributed by atoms with Crippen molar-refractivity contribution in [3.05, 3.63) is 72.2 Å². The van der Waals surface area contributed by atoms with Crippen LogP contribution >= 0.6 is 0 Å². The van der Waals surface area contributed by atoms with Gasteiger partial charge in [0.2, 0.25) is 0 Å². The maximum absolute atomic E-state index is 14.2. The van der Waals surface area contributed by atoms with Crippen LogP contribution in [0.25, 0.3) is 5.69 Å². The van der Waals surface area contributed by atoms with Crippen LogP contribution in [0.15, 0.2) is 55.2 Å². The van der Waals surface area contributed by atoms with Gasteiger partial charge < -0.3 is 14.8 Å². The molecule has 3 rings (SSSR count). The molecule has 0 radical (unpaired) electrons. The van der Waals surface area contributed by atoms with Gasteiger partial charge in [-0.05, 0) is 29.8 Å². The predicted molar refractivity (Wildman–Crippen MR) is 93.1 cm³/mol. The number of hydrogen-bond acceptors (Lipinski definition) is 4. The van der Waals surface area contributed by atoms with E-state index in [0.29, 0.717) is 23.6 Å². The summed E-state index contributed by atoms with van der Waals surface area (Å²) in [6, 6.07) is 8.47. The van der Waals surface area contributed by atoms with Gasteiger partial charge in [-0.3, -0.25) is 4.79 Å². The smallest absolute Gasteiger partial charge is 0.254 e. The highest BCUT2D eigenvalue weighted by atomic mass is 19.1. The van der Waals surface area contributed by atoms with Gasteiger partial charge in [-0.2, -0.15) is 0 Å². The number of nitrogens with one attached hydrogen (secondary N) is 1. The molecule has 0 saturated heterocycles. The number of amides is 1. The van der Waals surface area contributed by atoms with Crippen LogP contribution in [0.3, 0.4) is 0 Å². The zero-order valence-corrected chi connectivity index (χ0v) is 14.0. The number of carbonyl (C=O) groups is 1. The molecule has 0 aliphatic carbocycles. The molecule has 25 heavy (non-hydrogen) atoms. The standard InChI is InChI=1S/C18H18FN5O/c1-23(2)18(25)14-4-6-17(22-11-14)21-10-13-3-5-16(15(19)9-13)24-8-7-20-12-24/h3-9,11-12H,10H2,1-2H3,(H,21,22). The second kappa shape index (κ2) is 7.12. The molecule has 1 N–H and O–H groups in total. The van der Waals surface area contributed by atoms with Crippen LogP contribution in [0.5, 0.6) is 0 Å². The summed E-state index contributed by atoms with van der Waals surface area (Å²) in [5.41, 5.74) is 1.76. The van der Waals surface area contributed by atoms with Gasteiger partial charge in [0.05, 0.1) is 17.6 Å². The van der Waals surface area contributed by atoms with Gasteiger partial charge in [0.1, 0.15) is 11.6 Å². The van der Waals surface area contributed by atoms with Crippen molar-refractivity contribution in [3.8, 4) is 5.69 Å². The van der Waals surface area contributed by atoms with Gasteiger partial charge in [-0.1, -0.05) is 6.07 Å². The summed E-state index contributed by atoms with van der Waals surface area (Å²) in [7, 11) is 3.38. The average Bonchev–Trinajstić information content (AvgIpc) is 3.14. The normalized spacial score (nSPS) is 10.5. The maximum Gasteiger partial charge on any atom is 0.254 e. The summed E-state index contributed by atoms with van der Waals surface area (Å²) in [5, 5.41) is 3.12. The first-order valence-electron chi connectivity index (χ1n) is 7.73. The molecule has 0 saturated carbocycles. The Morgan fingerprint density at radius 2 is 2.12 bits per heavy atom. The summed E-state index contributed by atoms with van der Waals surface area (Å²) >= 11 is 0. The summed E-state index contributed by atoms with van der Waals surface area (Å²) in [4.78, 5) is 21.4. The predicted octanol–water partition coefficient (Wildman–Crippen LogP) is 2.72. The van der Waals surface area contributed by atoms with Crippen LogP contribution in [0, 0.1) is 5.82 Å². The van der Waals surface area contributed by atoms with E-state index in [1.807, 2.05) is 6.07 Å². The van der Waals surface area contributed by atoms with Gasteiger partial charge in [-0.25, -0.2) is 14.4 Å². The van der Waals surface area contributed by atoms with Crippen LogP contribution in [0.4, 0.5) is 10.2 Å². The van der Waals surface area contributed by atoms with Crippen molar-refractivity contribution < 1.29 is 9.18 Å². The topological polar surface area (TPSA) is 63.1 Å². The number of hydrogen-bond donors (Lipinski definition) is 1. The van der Waals surface area contributed by atoms with Crippen LogP contribution < -0.4 is 5.32 Å². The molecule has 1 aromatic carbocycles. The van der Waals surface area contributed by atoms with Crippen LogP contribution in [0.1, 0.15) is 15.9 Å². The first-order chi connectivity index (χ1) is 12.0. The summed E-state index contributed by atoms with van der Waals surface area (Å²) in [6.45, 7) is 0.426. The van der Waals surface area contributed by atoms with E-state index in [2.05, 4.69) is 15.3 Å². The molecule has 0 bridgehead atoms. The molecule has 2 aromatic heterocycles. The molecular formula is C18H18FN5O. The van der Waals surface area contributed by atoms with Crippen molar-refractivity contribution >= 4 is 11.7 Å². The highest BCUT2D eigenvalue weighted by Gasteiger charge is 2.08. The Kier molecular flexibility index (Phi) is 4.74. The summed E-state index contributed by atoms with van der Waals surface area (Å²) in [6.07, 6.45) is 6.37. The zero-order chi connectivity index (χ0) is 17.8. The zero-order valence-electron chi connectivity index (χ0n) is 14.0. The molecule has 0 aliphatic rings. The van der Waals surface area contributed by atoms with Crippen molar-refractivity contribution in [2.75, 3.05) is 19.4 Å². The van der Waals surface area contributed by atoms with E-state index in [1.165, 1.54) is 17.2 Å². The van der Waals surface area contributed by atoms with Gasteiger partial charge >= 0.3 is 0 Å². The van der Waals surface area contributed by atoms with E-state index in [4.69, 9.17) is 0 Å². The Labute approximate surface area is 145 Å². The van der Waals surface area contributed by atoms with Gasteiger partial charge in [-0.15, -0.1) is 0 Å². The third-order valence-corrected chi connectivity index (χ3v) is 3.68. The quantitative estimate of drug-likeness (QED) is 0.776. The minimum atomic E-state index is -0.322. The van der Waals surface area contributed by atoms with Crippen LogP contribution in [0.2, 0.25) is 0 Å². The average molecular weight is 339 g/mol. The first kappa shape index (κ1) is 16.6. The van der Waals surface area contributed by atoms with Crippen molar-refractivity contribution in [1.82, 2.24) is 19.4 Å². The van der Waals surface area contributed by atoms with E-state index in [0.717, 1.165) is 5.56 Å². The lowest BCUT2D eigenvalue weighted by atomic mass is 10.2. The molecule has 0 atom stereocenters. The SMILES string of the molecule is CN(C)C(=O)c1ccc(NCc2ccc(-n3ccnc3)c(F)c2)nc1. The Balaban J connectivity index is 1.66. The highest BCUT2D eigenvalue weighted by Crippen LogP contribution is 2.16. The minimum absolute atomic E-state index is 0.101. The number of nitrogens with zero attached hydrogens (tertiary/aromatic N) is 4. The molecule has 6 nitrogen and oxygen atoms in total. The maximum atomic E-state index is 14.2. The number of aromatic nitrogens is 3. The molecule has 3 aromatic rings. The molecule has 0 spiro atoms. The molecule has 2 heterocycles. The minimum Gasteiger partial charge on any atom is -0.366 e. The molecule has 1 amide bonds. The number of halogens is 1. The lowest BCUT2D eigenvalue weighted by Gasteiger charge is -2.11. The lowest BCUT2D eigenvalue weighted by molar-refractivity contribution is 0.0827. The van der Waals surface area contributed by atoms with E-state index in [1.54, 1.807) is 55.6 Å². The molecule has 0 unspecified atom stereocenters. The summed E-state index contributed by atoms with van der Waals surface area (Å²) in [5.74, 6) is 0.197.